The van der Waals surface area contributed by atoms with Crippen molar-refractivity contribution in [3.05, 3.63) is 12.2 Å². The van der Waals surface area contributed by atoms with Crippen LogP contribution in [-0.2, 0) is 0 Å². The molecule has 0 N–H and O–H groups in total. The van der Waals surface area contributed by atoms with E-state index in [1.165, 1.54) is 25.8 Å². The van der Waals surface area contributed by atoms with Crippen LogP contribution >= 0.6 is 0 Å². The maximum atomic E-state index is 2.51. The first-order chi connectivity index (χ1) is 5.77. The minimum atomic E-state index is 0.733. The van der Waals surface area contributed by atoms with Crippen molar-refractivity contribution < 1.29 is 0 Å². The highest BCUT2D eigenvalue weighted by Gasteiger charge is 2.30. The summed E-state index contributed by atoms with van der Waals surface area (Å²) < 4.78 is 0. The molecule has 12 heavy (non-hydrogen) atoms. The van der Waals surface area contributed by atoms with E-state index in [2.05, 4.69) is 31.0 Å². The standard InChI is InChI=1S/C11H19N/c1-9-7-11-6-4-3-5-10(9)8-12(11)2/h4,6,9-11H,3,5,7-8H2,1-2H3/b6-4+. The molecule has 0 aromatic heterocycles. The van der Waals surface area contributed by atoms with Crippen molar-refractivity contribution in [1.29, 1.82) is 0 Å². The second-order valence-electron chi connectivity index (χ2n) is 4.49. The molecule has 1 nitrogen and oxygen atoms in total. The van der Waals surface area contributed by atoms with E-state index in [9.17, 15) is 0 Å². The lowest BCUT2D eigenvalue weighted by Gasteiger charge is -2.41. The van der Waals surface area contributed by atoms with Gasteiger partial charge in [0.15, 0.2) is 0 Å². The largest absolute Gasteiger partial charge is 0.300 e. The van der Waals surface area contributed by atoms with E-state index in [4.69, 9.17) is 0 Å². The predicted octanol–water partition coefficient (Wildman–Crippen LogP) is 2.29. The number of hydrogen-bond donors (Lipinski definition) is 0. The molecular weight excluding hydrogens is 146 g/mol. The summed E-state index contributed by atoms with van der Waals surface area (Å²) in [5.41, 5.74) is 0. The Bertz CT molecular complexity index is 185. The van der Waals surface area contributed by atoms with Gasteiger partial charge in [-0.3, -0.25) is 4.90 Å². The van der Waals surface area contributed by atoms with Crippen molar-refractivity contribution in [3.8, 4) is 0 Å². The zero-order chi connectivity index (χ0) is 8.55. The SMILES string of the molecule is CC1CC2/C=C/CCC1CN2C. The van der Waals surface area contributed by atoms with E-state index in [1.54, 1.807) is 0 Å². The molecule has 1 aliphatic carbocycles. The number of rotatable bonds is 0. The monoisotopic (exact) mass is 165 g/mol. The second-order valence-corrected chi connectivity index (χ2v) is 4.49. The highest BCUT2D eigenvalue weighted by molar-refractivity contribution is 5.01. The van der Waals surface area contributed by atoms with Crippen molar-refractivity contribution in [3.63, 3.8) is 0 Å². The molecule has 2 aliphatic heterocycles. The highest BCUT2D eigenvalue weighted by Crippen LogP contribution is 2.32. The smallest absolute Gasteiger partial charge is 0.0277 e. The Hall–Kier alpha value is -0.300. The van der Waals surface area contributed by atoms with Gasteiger partial charge in [0.25, 0.3) is 0 Å². The quantitative estimate of drug-likeness (QED) is 0.498. The molecule has 1 heteroatoms. The molecule has 0 saturated carbocycles. The average Bonchev–Trinajstić information content (AvgIpc) is 2.00. The molecule has 68 valence electrons. The van der Waals surface area contributed by atoms with Crippen LogP contribution in [0, 0.1) is 11.8 Å². The van der Waals surface area contributed by atoms with Crippen LogP contribution in [0.3, 0.4) is 0 Å². The van der Waals surface area contributed by atoms with Gasteiger partial charge in [0.2, 0.25) is 0 Å². The lowest BCUT2D eigenvalue weighted by atomic mass is 9.79. The maximum Gasteiger partial charge on any atom is 0.0277 e. The fourth-order valence-corrected chi connectivity index (χ4v) is 2.60. The Labute approximate surface area is 75.4 Å². The maximum absolute atomic E-state index is 2.51. The average molecular weight is 165 g/mol. The minimum absolute atomic E-state index is 0.733. The number of allylic oxidation sites excluding steroid dienone is 1. The number of piperidine rings is 1. The first-order valence-electron chi connectivity index (χ1n) is 5.14. The normalized spacial score (nSPS) is 45.3. The van der Waals surface area contributed by atoms with E-state index >= 15 is 0 Å². The third-order valence-corrected chi connectivity index (χ3v) is 3.57. The van der Waals surface area contributed by atoms with Crippen molar-refractivity contribution in [2.24, 2.45) is 11.8 Å². The van der Waals surface area contributed by atoms with Crippen LogP contribution in [0.5, 0.6) is 0 Å². The summed E-state index contributed by atoms with van der Waals surface area (Å²) in [7, 11) is 2.26. The molecule has 1 fully saturated rings. The van der Waals surface area contributed by atoms with Crippen LogP contribution in [-0.4, -0.2) is 24.5 Å². The highest BCUT2D eigenvalue weighted by atomic mass is 15.1. The molecule has 3 atom stereocenters. The second kappa shape index (κ2) is 3.21. The summed E-state index contributed by atoms with van der Waals surface area (Å²) in [5.74, 6) is 1.90. The van der Waals surface area contributed by atoms with Crippen LogP contribution in [0.2, 0.25) is 0 Å². The summed E-state index contributed by atoms with van der Waals surface area (Å²) >= 11 is 0. The number of hydrogen-bond acceptors (Lipinski definition) is 1. The number of likely N-dealkylation sites (N-methyl/N-ethyl adjacent to an activating group) is 1. The summed E-state index contributed by atoms with van der Waals surface area (Å²) in [5, 5.41) is 0. The van der Waals surface area contributed by atoms with Crippen molar-refractivity contribution in [2.45, 2.75) is 32.2 Å². The molecule has 3 rings (SSSR count). The van der Waals surface area contributed by atoms with E-state index < -0.39 is 0 Å². The Kier molecular flexibility index (Phi) is 2.22. The third-order valence-electron chi connectivity index (χ3n) is 3.57. The van der Waals surface area contributed by atoms with Gasteiger partial charge < -0.3 is 0 Å². The topological polar surface area (TPSA) is 3.24 Å². The van der Waals surface area contributed by atoms with Crippen LogP contribution in [0.25, 0.3) is 0 Å². The number of fused-ring (bicyclic) bond motifs is 4. The molecule has 2 bridgehead atoms. The van der Waals surface area contributed by atoms with Crippen LogP contribution in [0.1, 0.15) is 26.2 Å². The van der Waals surface area contributed by atoms with Gasteiger partial charge in [-0.2, -0.15) is 0 Å². The van der Waals surface area contributed by atoms with Gasteiger partial charge in [0.05, 0.1) is 0 Å². The third kappa shape index (κ3) is 1.42. The molecule has 0 spiro atoms. The van der Waals surface area contributed by atoms with Crippen molar-refractivity contribution in [1.82, 2.24) is 4.90 Å². The van der Waals surface area contributed by atoms with E-state index in [-0.39, 0.29) is 0 Å². The minimum Gasteiger partial charge on any atom is -0.300 e. The molecule has 0 aromatic rings. The Balaban J connectivity index is 2.17. The zero-order valence-electron chi connectivity index (χ0n) is 8.16. The summed E-state index contributed by atoms with van der Waals surface area (Å²) in [6, 6.07) is 0.733. The van der Waals surface area contributed by atoms with E-state index in [1.807, 2.05) is 0 Å². The van der Waals surface area contributed by atoms with Crippen molar-refractivity contribution in [2.75, 3.05) is 13.6 Å². The summed E-state index contributed by atoms with van der Waals surface area (Å²) in [6.07, 6.45) is 8.86. The van der Waals surface area contributed by atoms with Crippen molar-refractivity contribution >= 4 is 0 Å². The van der Waals surface area contributed by atoms with Gasteiger partial charge >= 0.3 is 0 Å². The van der Waals surface area contributed by atoms with Crippen LogP contribution < -0.4 is 0 Å². The Morgan fingerprint density at radius 2 is 2.25 bits per heavy atom. The fraction of sp³-hybridized carbons (Fsp3) is 0.818. The van der Waals surface area contributed by atoms with E-state index in [0.29, 0.717) is 0 Å². The number of nitrogens with zero attached hydrogens (tertiary/aromatic N) is 1. The molecule has 0 radical (unpaired) electrons. The predicted molar refractivity (Wildman–Crippen MR) is 52.1 cm³/mol. The Morgan fingerprint density at radius 1 is 1.42 bits per heavy atom. The van der Waals surface area contributed by atoms with Gasteiger partial charge in [0.1, 0.15) is 0 Å². The molecule has 0 aromatic carbocycles. The molecule has 0 amide bonds. The molecule has 3 unspecified atom stereocenters. The fourth-order valence-electron chi connectivity index (χ4n) is 2.60. The van der Waals surface area contributed by atoms with Crippen LogP contribution in [0.4, 0.5) is 0 Å². The summed E-state index contributed by atoms with van der Waals surface area (Å²) in [4.78, 5) is 2.51. The first kappa shape index (κ1) is 8.31. The zero-order valence-corrected chi connectivity index (χ0v) is 8.16. The lowest BCUT2D eigenvalue weighted by molar-refractivity contribution is 0.107. The van der Waals surface area contributed by atoms with Gasteiger partial charge in [0, 0.05) is 12.6 Å². The van der Waals surface area contributed by atoms with Gasteiger partial charge in [-0.05, 0) is 38.1 Å². The molecule has 3 aliphatic rings. The molecule has 2 heterocycles. The van der Waals surface area contributed by atoms with Gasteiger partial charge in [-0.15, -0.1) is 0 Å². The Morgan fingerprint density at radius 3 is 3.08 bits per heavy atom. The lowest BCUT2D eigenvalue weighted by Crippen LogP contribution is -2.44. The molecule has 1 saturated heterocycles. The summed E-state index contributed by atoms with van der Waals surface area (Å²) in [6.45, 7) is 3.74. The van der Waals surface area contributed by atoms with E-state index in [0.717, 1.165) is 17.9 Å². The molecular formula is C11H19N. The van der Waals surface area contributed by atoms with Gasteiger partial charge in [-0.25, -0.2) is 0 Å². The van der Waals surface area contributed by atoms with Crippen LogP contribution in [0.15, 0.2) is 12.2 Å². The van der Waals surface area contributed by atoms with Gasteiger partial charge in [-0.1, -0.05) is 19.1 Å². The first-order valence-corrected chi connectivity index (χ1v) is 5.14.